The van der Waals surface area contributed by atoms with Gasteiger partial charge in [-0.3, -0.25) is 9.69 Å². The Labute approximate surface area is 282 Å². The molecule has 4 aliphatic rings. The Hall–Kier alpha value is -4.84. The number of nitriles is 1. The molecule has 7 rings (SSSR count). The number of benzene rings is 3. The smallest absolute Gasteiger partial charge is 0.410 e. The summed E-state index contributed by atoms with van der Waals surface area (Å²) < 4.78 is 11.3. The van der Waals surface area contributed by atoms with Crippen LogP contribution in [0.5, 0.6) is 5.75 Å². The molecule has 2 saturated heterocycles. The van der Waals surface area contributed by atoms with E-state index in [0.29, 0.717) is 57.6 Å². The number of urea groups is 1. The fourth-order valence-electron chi connectivity index (χ4n) is 7.87. The highest BCUT2D eigenvalue weighted by atomic mass is 16.6. The topological polar surface area (TPSA) is 103 Å². The van der Waals surface area contributed by atoms with Crippen molar-refractivity contribution in [3.8, 4) is 11.8 Å². The minimum atomic E-state index is -0.698. The number of likely N-dealkylation sites (tertiary alicyclic amines) is 1. The van der Waals surface area contributed by atoms with Crippen LogP contribution in [0, 0.1) is 17.2 Å². The summed E-state index contributed by atoms with van der Waals surface area (Å²) in [4.78, 5) is 44.6. The number of rotatable bonds is 7. The van der Waals surface area contributed by atoms with Crippen molar-refractivity contribution in [3.05, 3.63) is 95.1 Å². The van der Waals surface area contributed by atoms with Crippen molar-refractivity contribution in [1.82, 2.24) is 9.80 Å². The predicted molar refractivity (Wildman–Crippen MR) is 180 cm³/mol. The summed E-state index contributed by atoms with van der Waals surface area (Å²) in [5.41, 5.74) is 4.60. The maximum absolute atomic E-state index is 13.6. The fraction of sp³-hybridized carbons (Fsp3) is 0.436. The van der Waals surface area contributed by atoms with Crippen LogP contribution in [0.2, 0.25) is 0 Å². The molecule has 0 atom stereocenters. The van der Waals surface area contributed by atoms with Gasteiger partial charge in [0.25, 0.3) is 0 Å². The second-order valence-corrected chi connectivity index (χ2v) is 13.6. The van der Waals surface area contributed by atoms with Gasteiger partial charge in [0, 0.05) is 37.9 Å². The van der Waals surface area contributed by atoms with E-state index in [0.717, 1.165) is 48.9 Å². The van der Waals surface area contributed by atoms with Crippen LogP contribution < -0.4 is 9.64 Å². The van der Waals surface area contributed by atoms with Crippen LogP contribution >= 0.6 is 0 Å². The third-order valence-corrected chi connectivity index (χ3v) is 10.8. The number of hydrogen-bond donors (Lipinski definition) is 0. The largest absolute Gasteiger partial charge is 0.445 e. The predicted octanol–water partition coefficient (Wildman–Crippen LogP) is 6.78. The highest BCUT2D eigenvalue weighted by Crippen LogP contribution is 2.37. The molecule has 1 saturated carbocycles. The number of carbonyl (C=O) groups is 3. The van der Waals surface area contributed by atoms with Crippen LogP contribution in [0.25, 0.3) is 0 Å². The molecule has 9 nitrogen and oxygen atoms in total. The Balaban J connectivity index is 0.899. The van der Waals surface area contributed by atoms with Crippen LogP contribution in [0.3, 0.4) is 0 Å². The molecule has 3 amide bonds. The number of anilines is 1. The number of nitrogens with zero attached hydrogens (tertiary/aromatic N) is 4. The molecular weight excluding hydrogens is 604 g/mol. The molecule has 0 unspecified atom stereocenters. The van der Waals surface area contributed by atoms with Crippen LogP contribution in [0.1, 0.15) is 67.2 Å². The number of carbonyl (C=O) groups excluding carboxylic acids is 3. The lowest BCUT2D eigenvalue weighted by Crippen LogP contribution is -2.44. The first-order valence-corrected chi connectivity index (χ1v) is 17.3. The molecule has 3 aromatic rings. The van der Waals surface area contributed by atoms with E-state index in [1.54, 1.807) is 4.90 Å². The number of aryl methyl sites for hydroxylation is 2. The third-order valence-electron chi connectivity index (χ3n) is 10.8. The van der Waals surface area contributed by atoms with E-state index in [1.807, 2.05) is 76.5 Å². The average molecular weight is 647 g/mol. The standard InChI is InChI=1S/C39H42N4O5/c40-27-39(19-21-41(22-20-39)38(46)47-26-28-5-2-1-3-6-28)32-12-16-34(17-13-32)43-24-23-42(37(43)45)33-14-9-30(10-15-33)36(44)48-35-18-11-29-7-4-8-31(29)25-35/h1-3,5-6,11-13,16-18,25,30,33H,4,7-10,14-15,19-24,26H2/t30-,33-. The summed E-state index contributed by atoms with van der Waals surface area (Å²) in [7, 11) is 0. The Morgan fingerprint density at radius 1 is 0.854 bits per heavy atom. The van der Waals surface area contributed by atoms with Crippen LogP contribution in [0.4, 0.5) is 15.3 Å². The Kier molecular flexibility index (Phi) is 9.07. The van der Waals surface area contributed by atoms with E-state index in [4.69, 9.17) is 9.47 Å². The van der Waals surface area contributed by atoms with Crippen molar-refractivity contribution in [2.24, 2.45) is 5.92 Å². The molecule has 9 heteroatoms. The molecule has 2 aliphatic carbocycles. The minimum absolute atomic E-state index is 0.00997. The van der Waals surface area contributed by atoms with Crippen molar-refractivity contribution in [2.75, 3.05) is 31.1 Å². The number of piperidine rings is 1. The Bertz CT molecular complexity index is 1690. The lowest BCUT2D eigenvalue weighted by atomic mass is 9.74. The molecule has 2 aliphatic heterocycles. The summed E-state index contributed by atoms with van der Waals surface area (Å²) in [5, 5.41) is 10.2. The van der Waals surface area contributed by atoms with Gasteiger partial charge in [0.2, 0.25) is 0 Å². The normalized spacial score (nSPS) is 21.8. The summed E-state index contributed by atoms with van der Waals surface area (Å²) >= 11 is 0. The summed E-state index contributed by atoms with van der Waals surface area (Å²) in [6, 6.07) is 26.0. The molecular formula is C39H42N4O5. The average Bonchev–Trinajstić information content (AvgIpc) is 3.77. The lowest BCUT2D eigenvalue weighted by Gasteiger charge is -2.37. The Morgan fingerprint density at radius 3 is 2.31 bits per heavy atom. The third kappa shape index (κ3) is 6.49. The summed E-state index contributed by atoms with van der Waals surface area (Å²) in [6.07, 6.45) is 6.97. The number of ether oxygens (including phenoxy) is 2. The zero-order chi connectivity index (χ0) is 33.1. The van der Waals surface area contributed by atoms with Gasteiger partial charge in [0.05, 0.1) is 17.4 Å². The molecule has 3 fully saturated rings. The highest BCUT2D eigenvalue weighted by Gasteiger charge is 2.40. The van der Waals surface area contributed by atoms with Gasteiger partial charge in [-0.25, -0.2) is 9.59 Å². The summed E-state index contributed by atoms with van der Waals surface area (Å²) in [6.45, 7) is 2.35. The first kappa shape index (κ1) is 31.7. The van der Waals surface area contributed by atoms with Crippen LogP contribution in [0.15, 0.2) is 72.8 Å². The molecule has 0 N–H and O–H groups in total. The molecule has 0 aromatic heterocycles. The van der Waals surface area contributed by atoms with Gasteiger partial charge in [-0.05, 0) is 104 Å². The van der Waals surface area contributed by atoms with E-state index in [1.165, 1.54) is 11.1 Å². The van der Waals surface area contributed by atoms with E-state index in [2.05, 4.69) is 12.1 Å². The molecule has 2 heterocycles. The van der Waals surface area contributed by atoms with Gasteiger partial charge in [-0.2, -0.15) is 5.26 Å². The van der Waals surface area contributed by atoms with Crippen molar-refractivity contribution in [3.63, 3.8) is 0 Å². The van der Waals surface area contributed by atoms with Gasteiger partial charge >= 0.3 is 18.1 Å². The second-order valence-electron chi connectivity index (χ2n) is 13.6. The lowest BCUT2D eigenvalue weighted by molar-refractivity contribution is -0.140. The summed E-state index contributed by atoms with van der Waals surface area (Å²) in [5.74, 6) is 0.337. The van der Waals surface area contributed by atoms with E-state index >= 15 is 0 Å². The van der Waals surface area contributed by atoms with Crippen molar-refractivity contribution >= 4 is 23.8 Å². The van der Waals surface area contributed by atoms with E-state index < -0.39 is 5.41 Å². The zero-order valence-corrected chi connectivity index (χ0v) is 27.3. The van der Waals surface area contributed by atoms with Crippen molar-refractivity contribution in [2.45, 2.75) is 75.9 Å². The van der Waals surface area contributed by atoms with Gasteiger partial charge in [0.15, 0.2) is 0 Å². The maximum atomic E-state index is 13.6. The maximum Gasteiger partial charge on any atom is 0.410 e. The van der Waals surface area contributed by atoms with Crippen molar-refractivity contribution < 1.29 is 23.9 Å². The first-order valence-electron chi connectivity index (χ1n) is 17.3. The quantitative estimate of drug-likeness (QED) is 0.207. The monoisotopic (exact) mass is 646 g/mol. The second kappa shape index (κ2) is 13.7. The number of amides is 3. The van der Waals surface area contributed by atoms with Crippen LogP contribution in [-0.2, 0) is 34.4 Å². The van der Waals surface area contributed by atoms with Crippen LogP contribution in [-0.4, -0.2) is 60.1 Å². The zero-order valence-electron chi connectivity index (χ0n) is 27.3. The van der Waals surface area contributed by atoms with Gasteiger partial charge in [-0.15, -0.1) is 0 Å². The first-order chi connectivity index (χ1) is 23.4. The number of fused-ring (bicyclic) bond motifs is 1. The molecule has 48 heavy (non-hydrogen) atoms. The molecule has 0 radical (unpaired) electrons. The fourth-order valence-corrected chi connectivity index (χ4v) is 7.87. The van der Waals surface area contributed by atoms with Gasteiger partial charge in [-0.1, -0.05) is 48.5 Å². The number of esters is 1. The molecule has 3 aromatic carbocycles. The minimum Gasteiger partial charge on any atom is -0.445 e. The van der Waals surface area contributed by atoms with E-state index in [9.17, 15) is 19.6 Å². The van der Waals surface area contributed by atoms with Crippen molar-refractivity contribution in [1.29, 1.82) is 5.26 Å². The number of hydrogen-bond acceptors (Lipinski definition) is 6. The highest BCUT2D eigenvalue weighted by molar-refractivity contribution is 5.94. The van der Waals surface area contributed by atoms with Gasteiger partial charge in [0.1, 0.15) is 12.4 Å². The van der Waals surface area contributed by atoms with Gasteiger partial charge < -0.3 is 19.3 Å². The Morgan fingerprint density at radius 2 is 1.58 bits per heavy atom. The molecule has 0 bridgehead atoms. The molecule has 248 valence electrons. The SMILES string of the molecule is N#CC1(c2ccc(N3CCN([C@H]4CC[C@H](C(=O)Oc5ccc6c(c5)CCC6)CC4)C3=O)cc2)CCN(C(=O)OCc2ccccc2)CC1. The molecule has 0 spiro atoms. The van der Waals surface area contributed by atoms with E-state index in [-0.39, 0.29) is 36.7 Å².